The molecule has 3 rings (SSSR count). The highest BCUT2D eigenvalue weighted by Crippen LogP contribution is 2.23. The van der Waals surface area contributed by atoms with E-state index in [4.69, 9.17) is 23.2 Å². The molecule has 0 fully saturated rings. The highest BCUT2D eigenvalue weighted by atomic mass is 35.5. The van der Waals surface area contributed by atoms with Crippen molar-refractivity contribution in [1.82, 2.24) is 20.0 Å². The van der Waals surface area contributed by atoms with Crippen LogP contribution in [0.15, 0.2) is 48.5 Å². The molecule has 2 amide bonds. The number of benzene rings is 2. The van der Waals surface area contributed by atoms with E-state index in [2.05, 4.69) is 10.4 Å². The van der Waals surface area contributed by atoms with Gasteiger partial charge < -0.3 is 10.2 Å². The molecule has 0 bridgehead atoms. The van der Waals surface area contributed by atoms with Crippen LogP contribution < -0.4 is 5.32 Å². The zero-order valence-electron chi connectivity index (χ0n) is 18.5. The van der Waals surface area contributed by atoms with Crippen molar-refractivity contribution in [3.05, 3.63) is 86.7 Å². The van der Waals surface area contributed by atoms with Gasteiger partial charge in [-0.15, -0.1) is 0 Å². The van der Waals surface area contributed by atoms with Crippen LogP contribution in [0.5, 0.6) is 0 Å². The second-order valence-corrected chi connectivity index (χ2v) is 8.65. The smallest absolute Gasteiger partial charge is 0.256 e. The fourth-order valence-electron chi connectivity index (χ4n) is 3.18. The summed E-state index contributed by atoms with van der Waals surface area (Å²) >= 11 is 12.7. The summed E-state index contributed by atoms with van der Waals surface area (Å²) < 4.78 is 1.57. The maximum Gasteiger partial charge on any atom is 0.256 e. The summed E-state index contributed by atoms with van der Waals surface area (Å²) in [5.41, 5.74) is 3.22. The van der Waals surface area contributed by atoms with Gasteiger partial charge in [-0.2, -0.15) is 5.10 Å². The summed E-state index contributed by atoms with van der Waals surface area (Å²) in [6, 6.07) is 14.7. The number of carbonyl (C=O) groups excluding carboxylic acids is 2. The van der Waals surface area contributed by atoms with Crippen molar-refractivity contribution < 1.29 is 9.59 Å². The zero-order chi connectivity index (χ0) is 23.4. The molecule has 0 unspecified atom stereocenters. The average Bonchev–Trinajstić information content (AvgIpc) is 3.05. The fraction of sp³-hybridized carbons (Fsp3) is 0.292. The molecule has 0 aliphatic rings. The Morgan fingerprint density at radius 2 is 1.75 bits per heavy atom. The lowest BCUT2D eigenvalue weighted by Crippen LogP contribution is -2.32. The molecule has 6 nitrogen and oxygen atoms in total. The van der Waals surface area contributed by atoms with Gasteiger partial charge in [0.1, 0.15) is 5.15 Å². The highest BCUT2D eigenvalue weighted by Gasteiger charge is 2.21. The van der Waals surface area contributed by atoms with Gasteiger partial charge in [-0.05, 0) is 50.1 Å². The van der Waals surface area contributed by atoms with Crippen molar-refractivity contribution in [2.24, 2.45) is 0 Å². The molecule has 0 aliphatic carbocycles. The second-order valence-electron chi connectivity index (χ2n) is 7.89. The zero-order valence-corrected chi connectivity index (χ0v) is 20.0. The predicted molar refractivity (Wildman–Crippen MR) is 127 cm³/mol. The first-order valence-electron chi connectivity index (χ1n) is 10.3. The van der Waals surface area contributed by atoms with Crippen LogP contribution in [0.1, 0.15) is 51.4 Å². The van der Waals surface area contributed by atoms with Crippen LogP contribution in [-0.2, 0) is 13.1 Å². The lowest BCUT2D eigenvalue weighted by molar-refractivity contribution is 0.0754. The Balaban J connectivity index is 1.67. The van der Waals surface area contributed by atoms with E-state index in [1.807, 2.05) is 44.2 Å². The molecule has 0 aliphatic heterocycles. The maximum atomic E-state index is 12.8. The van der Waals surface area contributed by atoms with Crippen molar-refractivity contribution in [3.8, 4) is 0 Å². The highest BCUT2D eigenvalue weighted by molar-refractivity contribution is 6.33. The van der Waals surface area contributed by atoms with Gasteiger partial charge in [-0.1, -0.05) is 53.5 Å². The molecule has 8 heteroatoms. The van der Waals surface area contributed by atoms with E-state index in [0.29, 0.717) is 34.9 Å². The first-order valence-corrected chi connectivity index (χ1v) is 11.0. The Morgan fingerprint density at radius 3 is 2.38 bits per heavy atom. The SMILES string of the molecule is Cc1nn(Cc2ccccc2Cl)c(Cl)c1C(=O)NCc1ccc(C(=O)N(C)C(C)C)cc1. The number of aryl methyl sites for hydroxylation is 1. The van der Waals surface area contributed by atoms with Gasteiger partial charge in [0.2, 0.25) is 0 Å². The number of nitrogens with zero attached hydrogens (tertiary/aromatic N) is 3. The van der Waals surface area contributed by atoms with Gasteiger partial charge in [0.25, 0.3) is 11.8 Å². The number of nitrogens with one attached hydrogen (secondary N) is 1. The van der Waals surface area contributed by atoms with Gasteiger partial charge in [-0.3, -0.25) is 9.59 Å². The van der Waals surface area contributed by atoms with E-state index in [-0.39, 0.29) is 23.0 Å². The Bertz CT molecular complexity index is 1120. The van der Waals surface area contributed by atoms with Crippen LogP contribution in [0.2, 0.25) is 10.2 Å². The van der Waals surface area contributed by atoms with Crippen LogP contribution in [0.3, 0.4) is 0 Å². The van der Waals surface area contributed by atoms with Crippen molar-refractivity contribution in [2.45, 2.75) is 39.9 Å². The molecule has 1 N–H and O–H groups in total. The Labute approximate surface area is 198 Å². The summed E-state index contributed by atoms with van der Waals surface area (Å²) in [5.74, 6) is -0.346. The molecular weight excluding hydrogens is 447 g/mol. The summed E-state index contributed by atoms with van der Waals surface area (Å²) in [6.45, 7) is 6.35. The molecule has 32 heavy (non-hydrogen) atoms. The lowest BCUT2D eigenvalue weighted by Gasteiger charge is -2.21. The number of rotatable bonds is 7. The van der Waals surface area contributed by atoms with E-state index in [1.165, 1.54) is 0 Å². The van der Waals surface area contributed by atoms with E-state index >= 15 is 0 Å². The van der Waals surface area contributed by atoms with Gasteiger partial charge >= 0.3 is 0 Å². The van der Waals surface area contributed by atoms with Crippen molar-refractivity contribution in [3.63, 3.8) is 0 Å². The first-order chi connectivity index (χ1) is 15.2. The largest absolute Gasteiger partial charge is 0.348 e. The molecule has 0 radical (unpaired) electrons. The third-order valence-corrected chi connectivity index (χ3v) is 6.07. The minimum absolute atomic E-state index is 0.0380. The number of aromatic nitrogens is 2. The van der Waals surface area contributed by atoms with Gasteiger partial charge in [0.15, 0.2) is 0 Å². The summed E-state index contributed by atoms with van der Waals surface area (Å²) in [4.78, 5) is 26.9. The molecule has 0 atom stereocenters. The monoisotopic (exact) mass is 472 g/mol. The van der Waals surface area contributed by atoms with Crippen molar-refractivity contribution in [1.29, 1.82) is 0 Å². The summed E-state index contributed by atoms with van der Waals surface area (Å²) in [6.07, 6.45) is 0. The Morgan fingerprint density at radius 1 is 1.09 bits per heavy atom. The van der Waals surface area contributed by atoms with E-state index in [1.54, 1.807) is 41.8 Å². The van der Waals surface area contributed by atoms with Gasteiger partial charge in [0, 0.05) is 30.2 Å². The number of amides is 2. The third-order valence-electron chi connectivity index (χ3n) is 5.32. The molecule has 0 saturated heterocycles. The van der Waals surface area contributed by atoms with Crippen LogP contribution in [-0.4, -0.2) is 39.6 Å². The second kappa shape index (κ2) is 10.2. The van der Waals surface area contributed by atoms with Crippen LogP contribution in [0, 0.1) is 6.92 Å². The quantitative estimate of drug-likeness (QED) is 0.528. The average molecular weight is 473 g/mol. The molecule has 0 saturated carbocycles. The maximum absolute atomic E-state index is 12.8. The van der Waals surface area contributed by atoms with Crippen LogP contribution in [0.4, 0.5) is 0 Å². The van der Waals surface area contributed by atoms with Gasteiger partial charge in [-0.25, -0.2) is 4.68 Å². The standard InChI is InChI=1S/C24H26Cl2N4O2/c1-15(2)29(4)24(32)18-11-9-17(10-12-18)13-27-23(31)21-16(3)28-30(22(21)26)14-19-7-5-6-8-20(19)25/h5-12,15H,13-14H2,1-4H3,(H,27,31). The van der Waals surface area contributed by atoms with Gasteiger partial charge in [0.05, 0.1) is 17.8 Å². The molecular formula is C24H26Cl2N4O2. The van der Waals surface area contributed by atoms with E-state index in [0.717, 1.165) is 11.1 Å². The van der Waals surface area contributed by atoms with E-state index in [9.17, 15) is 9.59 Å². The normalized spacial score (nSPS) is 11.0. The molecule has 2 aromatic carbocycles. The van der Waals surface area contributed by atoms with Crippen LogP contribution in [0.25, 0.3) is 0 Å². The number of halogens is 2. The number of hydrogen-bond acceptors (Lipinski definition) is 3. The molecule has 168 valence electrons. The van der Waals surface area contributed by atoms with Crippen molar-refractivity contribution >= 4 is 35.0 Å². The number of hydrogen-bond donors (Lipinski definition) is 1. The molecule has 0 spiro atoms. The molecule has 1 heterocycles. The predicted octanol–water partition coefficient (Wildman–Crippen LogP) is 4.96. The molecule has 1 aromatic heterocycles. The fourth-order valence-corrected chi connectivity index (χ4v) is 3.69. The first kappa shape index (κ1) is 23.8. The minimum atomic E-state index is -0.308. The summed E-state index contributed by atoms with van der Waals surface area (Å²) in [5, 5.41) is 8.16. The van der Waals surface area contributed by atoms with Crippen molar-refractivity contribution in [2.75, 3.05) is 7.05 Å². The topological polar surface area (TPSA) is 67.2 Å². The third kappa shape index (κ3) is 5.31. The Kier molecular flexibility index (Phi) is 7.59. The lowest BCUT2D eigenvalue weighted by atomic mass is 10.1. The molecule has 3 aromatic rings. The van der Waals surface area contributed by atoms with E-state index < -0.39 is 0 Å². The summed E-state index contributed by atoms with van der Waals surface area (Å²) in [7, 11) is 1.78. The van der Waals surface area contributed by atoms with Crippen LogP contribution >= 0.6 is 23.2 Å². The Hall–Kier alpha value is -2.83. The number of carbonyl (C=O) groups is 2. The minimum Gasteiger partial charge on any atom is -0.348 e.